The van der Waals surface area contributed by atoms with E-state index in [0.29, 0.717) is 24.4 Å². The molecule has 0 aromatic carbocycles. The largest absolute Gasteiger partial charge is 0.348 e. The van der Waals surface area contributed by atoms with E-state index >= 15 is 0 Å². The summed E-state index contributed by atoms with van der Waals surface area (Å²) in [7, 11) is 3.61. The Morgan fingerprint density at radius 1 is 1.27 bits per heavy atom. The first-order valence-electron chi connectivity index (χ1n) is 5.96. The first-order valence-corrected chi connectivity index (χ1v) is 5.96. The number of carbonyl (C=O) groups is 1. The lowest BCUT2D eigenvalue weighted by molar-refractivity contribution is -0.128. The maximum absolute atomic E-state index is 11.5. The molecule has 3 heteroatoms. The maximum Gasteiger partial charge on any atom is 0.236 e. The number of nitrogens with one attached hydrogen (secondary N) is 1. The van der Waals surface area contributed by atoms with Crippen LogP contribution >= 0.6 is 0 Å². The van der Waals surface area contributed by atoms with Crippen molar-refractivity contribution in [1.82, 2.24) is 10.2 Å². The Kier molecular flexibility index (Phi) is 4.58. The first-order chi connectivity index (χ1) is 7.02. The van der Waals surface area contributed by atoms with E-state index in [1.807, 2.05) is 0 Å². The third kappa shape index (κ3) is 3.49. The Morgan fingerprint density at radius 3 is 2.27 bits per heavy atom. The molecule has 0 heterocycles. The number of hydrogen-bond donors (Lipinski definition) is 1. The molecule has 1 aliphatic rings. The number of amides is 1. The lowest BCUT2D eigenvalue weighted by Gasteiger charge is -2.35. The van der Waals surface area contributed by atoms with Crippen LogP contribution in [0.1, 0.15) is 33.1 Å². The molecule has 1 rings (SSSR count). The topological polar surface area (TPSA) is 32.3 Å². The predicted octanol–water partition coefficient (Wildman–Crippen LogP) is 1.49. The molecule has 88 valence electrons. The van der Waals surface area contributed by atoms with Crippen molar-refractivity contribution in [3.8, 4) is 0 Å². The molecule has 2 atom stereocenters. The van der Waals surface area contributed by atoms with Crippen LogP contribution in [0.4, 0.5) is 0 Å². The summed E-state index contributed by atoms with van der Waals surface area (Å²) in [5.74, 6) is 1.56. The van der Waals surface area contributed by atoms with E-state index in [4.69, 9.17) is 0 Å². The van der Waals surface area contributed by atoms with Gasteiger partial charge in [-0.1, -0.05) is 20.3 Å². The van der Waals surface area contributed by atoms with Gasteiger partial charge in [0.1, 0.15) is 0 Å². The molecular formula is C12H24N2O. The van der Waals surface area contributed by atoms with Gasteiger partial charge in [-0.25, -0.2) is 0 Å². The first kappa shape index (κ1) is 12.5. The minimum absolute atomic E-state index is 0.167. The molecule has 15 heavy (non-hydrogen) atoms. The molecule has 0 radical (unpaired) electrons. The van der Waals surface area contributed by atoms with Gasteiger partial charge in [0.15, 0.2) is 0 Å². The Labute approximate surface area is 93.2 Å². The zero-order chi connectivity index (χ0) is 11.4. The van der Waals surface area contributed by atoms with Crippen LogP contribution in [0.5, 0.6) is 0 Å². The zero-order valence-corrected chi connectivity index (χ0v) is 10.4. The van der Waals surface area contributed by atoms with E-state index in [-0.39, 0.29) is 5.91 Å². The van der Waals surface area contributed by atoms with Crippen molar-refractivity contribution in [2.24, 2.45) is 11.8 Å². The Morgan fingerprint density at radius 2 is 1.80 bits per heavy atom. The van der Waals surface area contributed by atoms with Gasteiger partial charge >= 0.3 is 0 Å². The summed E-state index contributed by atoms with van der Waals surface area (Å²) >= 11 is 0. The number of hydrogen-bond acceptors (Lipinski definition) is 2. The van der Waals surface area contributed by atoms with Crippen molar-refractivity contribution in [3.63, 3.8) is 0 Å². The number of carbonyl (C=O) groups excluding carboxylic acids is 1. The molecule has 0 spiro atoms. The van der Waals surface area contributed by atoms with Crippen molar-refractivity contribution in [2.75, 3.05) is 20.6 Å². The van der Waals surface area contributed by atoms with Gasteiger partial charge in [-0.05, 0) is 24.7 Å². The Hall–Kier alpha value is -0.570. The molecule has 1 amide bonds. The molecule has 1 N–H and O–H groups in total. The molecule has 1 aliphatic carbocycles. The van der Waals surface area contributed by atoms with Crippen LogP contribution in [0.25, 0.3) is 0 Å². The van der Waals surface area contributed by atoms with Crippen LogP contribution in [-0.4, -0.2) is 37.5 Å². The van der Waals surface area contributed by atoms with E-state index < -0.39 is 0 Å². The molecule has 0 bridgehead atoms. The van der Waals surface area contributed by atoms with Crippen LogP contribution in [0.3, 0.4) is 0 Å². The average molecular weight is 212 g/mol. The Bertz CT molecular complexity index is 206. The monoisotopic (exact) mass is 212 g/mol. The normalized spacial score (nSPS) is 27.7. The second-order valence-electron chi connectivity index (χ2n) is 5.08. The van der Waals surface area contributed by atoms with E-state index in [1.54, 1.807) is 19.0 Å². The summed E-state index contributed by atoms with van der Waals surface area (Å²) in [4.78, 5) is 13.1. The van der Waals surface area contributed by atoms with Gasteiger partial charge in [0, 0.05) is 20.1 Å². The number of likely N-dealkylation sites (N-methyl/N-ethyl adjacent to an activating group) is 1. The predicted molar refractivity (Wildman–Crippen MR) is 62.7 cm³/mol. The van der Waals surface area contributed by atoms with Crippen molar-refractivity contribution in [3.05, 3.63) is 0 Å². The summed E-state index contributed by atoms with van der Waals surface area (Å²) < 4.78 is 0. The third-order valence-corrected chi connectivity index (χ3v) is 3.53. The van der Waals surface area contributed by atoms with Crippen LogP contribution in [0.15, 0.2) is 0 Å². The summed E-state index contributed by atoms with van der Waals surface area (Å²) in [5.41, 5.74) is 0. The van der Waals surface area contributed by atoms with Gasteiger partial charge in [-0.3, -0.25) is 4.79 Å². The molecule has 3 nitrogen and oxygen atoms in total. The van der Waals surface area contributed by atoms with Crippen LogP contribution in [0.2, 0.25) is 0 Å². The highest BCUT2D eigenvalue weighted by Gasteiger charge is 2.27. The highest BCUT2D eigenvalue weighted by Crippen LogP contribution is 2.28. The molecule has 0 aliphatic heterocycles. The van der Waals surface area contributed by atoms with Gasteiger partial charge in [0.05, 0.1) is 6.54 Å². The molecule has 0 unspecified atom stereocenters. The molecule has 1 fully saturated rings. The summed E-state index contributed by atoms with van der Waals surface area (Å²) in [6, 6.07) is 0.516. The van der Waals surface area contributed by atoms with Crippen LogP contribution in [0, 0.1) is 11.8 Å². The van der Waals surface area contributed by atoms with Crippen molar-refractivity contribution in [2.45, 2.75) is 39.2 Å². The van der Waals surface area contributed by atoms with E-state index in [9.17, 15) is 4.79 Å². The molecule has 0 aromatic heterocycles. The SMILES string of the molecule is C[C@H]1CCC[C@H](C)C1NCC(=O)N(C)C. The minimum Gasteiger partial charge on any atom is -0.348 e. The smallest absolute Gasteiger partial charge is 0.236 e. The fraction of sp³-hybridized carbons (Fsp3) is 0.917. The summed E-state index contributed by atoms with van der Waals surface area (Å²) in [6.07, 6.45) is 3.92. The summed E-state index contributed by atoms with van der Waals surface area (Å²) in [6.45, 7) is 5.05. The van der Waals surface area contributed by atoms with E-state index in [0.717, 1.165) is 0 Å². The van der Waals surface area contributed by atoms with Crippen molar-refractivity contribution in [1.29, 1.82) is 0 Å². The van der Waals surface area contributed by atoms with E-state index in [1.165, 1.54) is 19.3 Å². The Balaban J connectivity index is 2.38. The molecular weight excluding hydrogens is 188 g/mol. The minimum atomic E-state index is 0.167. The zero-order valence-electron chi connectivity index (χ0n) is 10.4. The highest BCUT2D eigenvalue weighted by atomic mass is 16.2. The number of nitrogens with zero attached hydrogens (tertiary/aromatic N) is 1. The fourth-order valence-electron chi connectivity index (χ4n) is 2.45. The second kappa shape index (κ2) is 5.50. The lowest BCUT2D eigenvalue weighted by Crippen LogP contribution is -2.46. The second-order valence-corrected chi connectivity index (χ2v) is 5.08. The van der Waals surface area contributed by atoms with Crippen molar-refractivity contribution < 1.29 is 4.79 Å². The quantitative estimate of drug-likeness (QED) is 0.768. The van der Waals surface area contributed by atoms with Crippen molar-refractivity contribution >= 4 is 5.91 Å². The maximum atomic E-state index is 11.5. The van der Waals surface area contributed by atoms with Gasteiger partial charge < -0.3 is 10.2 Å². The highest BCUT2D eigenvalue weighted by molar-refractivity contribution is 5.77. The van der Waals surface area contributed by atoms with Gasteiger partial charge in [0.2, 0.25) is 5.91 Å². The fourth-order valence-corrected chi connectivity index (χ4v) is 2.45. The standard InChI is InChI=1S/C12H24N2O/c1-9-6-5-7-10(2)12(9)13-8-11(15)14(3)4/h9-10,12-13H,5-8H2,1-4H3/t9-,10-/m0/s1. The number of rotatable bonds is 3. The van der Waals surface area contributed by atoms with Gasteiger partial charge in [-0.2, -0.15) is 0 Å². The van der Waals surface area contributed by atoms with Crippen LogP contribution in [-0.2, 0) is 4.79 Å². The van der Waals surface area contributed by atoms with Crippen LogP contribution < -0.4 is 5.32 Å². The lowest BCUT2D eigenvalue weighted by atomic mass is 9.79. The summed E-state index contributed by atoms with van der Waals surface area (Å²) in [5, 5.41) is 3.41. The average Bonchev–Trinajstić information content (AvgIpc) is 2.16. The van der Waals surface area contributed by atoms with Gasteiger partial charge in [-0.15, -0.1) is 0 Å². The van der Waals surface area contributed by atoms with Gasteiger partial charge in [0.25, 0.3) is 0 Å². The van der Waals surface area contributed by atoms with E-state index in [2.05, 4.69) is 19.2 Å². The molecule has 0 saturated heterocycles. The molecule has 1 saturated carbocycles. The molecule has 0 aromatic rings. The third-order valence-electron chi connectivity index (χ3n) is 3.53.